The lowest BCUT2D eigenvalue weighted by Crippen LogP contribution is -2.30. The van der Waals surface area contributed by atoms with Gasteiger partial charge in [-0.15, -0.1) is 0 Å². The molecule has 0 bridgehead atoms. The van der Waals surface area contributed by atoms with E-state index >= 15 is 0 Å². The van der Waals surface area contributed by atoms with Crippen LogP contribution in [0.3, 0.4) is 0 Å². The van der Waals surface area contributed by atoms with Gasteiger partial charge in [0.05, 0.1) is 0 Å². The zero-order valence-corrected chi connectivity index (χ0v) is 10.6. The molecule has 0 aliphatic heterocycles. The van der Waals surface area contributed by atoms with Crippen molar-refractivity contribution >= 4 is 15.9 Å². The molecule has 4 heteroatoms. The van der Waals surface area contributed by atoms with Crippen molar-refractivity contribution in [2.24, 2.45) is 11.7 Å². The highest BCUT2D eigenvalue weighted by atomic mass is 79.9. The van der Waals surface area contributed by atoms with Crippen LogP contribution >= 0.6 is 15.9 Å². The fourth-order valence-electron chi connectivity index (χ4n) is 1.74. The van der Waals surface area contributed by atoms with E-state index in [-0.39, 0.29) is 11.9 Å². The second-order valence-electron chi connectivity index (χ2n) is 4.31. The molecular formula is C12H16BrFN2. The standard InChI is InChI=1S/C12H16BrFN2/c13-11-5-9(14)3-4-10(11)12(6-15)16-7-8-1-2-8/h3-5,8,12,16H,1-2,6-7,15H2. The van der Waals surface area contributed by atoms with Gasteiger partial charge in [-0.3, -0.25) is 0 Å². The van der Waals surface area contributed by atoms with E-state index in [0.29, 0.717) is 6.54 Å². The maximum Gasteiger partial charge on any atom is 0.124 e. The lowest BCUT2D eigenvalue weighted by molar-refractivity contribution is 0.519. The maximum atomic E-state index is 13.0. The summed E-state index contributed by atoms with van der Waals surface area (Å²) in [7, 11) is 0. The molecule has 1 unspecified atom stereocenters. The molecule has 0 spiro atoms. The van der Waals surface area contributed by atoms with Crippen LogP contribution in [0.4, 0.5) is 4.39 Å². The summed E-state index contributed by atoms with van der Waals surface area (Å²) in [6.45, 7) is 1.53. The summed E-state index contributed by atoms with van der Waals surface area (Å²) in [4.78, 5) is 0. The van der Waals surface area contributed by atoms with Crippen molar-refractivity contribution < 1.29 is 4.39 Å². The second kappa shape index (κ2) is 5.25. The Morgan fingerprint density at radius 3 is 2.81 bits per heavy atom. The van der Waals surface area contributed by atoms with Gasteiger partial charge in [0.15, 0.2) is 0 Å². The summed E-state index contributed by atoms with van der Waals surface area (Å²) in [5.74, 6) is 0.585. The molecule has 1 aromatic rings. The minimum atomic E-state index is -0.228. The van der Waals surface area contributed by atoms with Crippen molar-refractivity contribution in [2.45, 2.75) is 18.9 Å². The van der Waals surface area contributed by atoms with E-state index < -0.39 is 0 Å². The fourth-order valence-corrected chi connectivity index (χ4v) is 2.36. The smallest absolute Gasteiger partial charge is 0.124 e. The lowest BCUT2D eigenvalue weighted by Gasteiger charge is -2.18. The summed E-state index contributed by atoms with van der Waals surface area (Å²) in [6.07, 6.45) is 2.63. The molecule has 1 fully saturated rings. The van der Waals surface area contributed by atoms with E-state index in [0.717, 1.165) is 22.5 Å². The second-order valence-corrected chi connectivity index (χ2v) is 5.16. The molecule has 0 radical (unpaired) electrons. The van der Waals surface area contributed by atoms with Gasteiger partial charge in [0.25, 0.3) is 0 Å². The Morgan fingerprint density at radius 1 is 1.50 bits per heavy atom. The molecule has 0 amide bonds. The molecular weight excluding hydrogens is 271 g/mol. The molecule has 2 rings (SSSR count). The van der Waals surface area contributed by atoms with Gasteiger partial charge in [-0.1, -0.05) is 22.0 Å². The SMILES string of the molecule is NCC(NCC1CC1)c1ccc(F)cc1Br. The molecule has 88 valence electrons. The van der Waals surface area contributed by atoms with Crippen LogP contribution < -0.4 is 11.1 Å². The number of nitrogens with two attached hydrogens (primary N) is 1. The van der Waals surface area contributed by atoms with Gasteiger partial charge in [-0.2, -0.15) is 0 Å². The Hall–Kier alpha value is -0.450. The van der Waals surface area contributed by atoms with Crippen LogP contribution in [0.1, 0.15) is 24.4 Å². The molecule has 1 atom stereocenters. The molecule has 0 saturated heterocycles. The molecule has 1 aliphatic carbocycles. The predicted molar refractivity (Wildman–Crippen MR) is 66.6 cm³/mol. The Balaban J connectivity index is 2.05. The van der Waals surface area contributed by atoms with E-state index in [2.05, 4.69) is 21.2 Å². The first-order valence-corrected chi connectivity index (χ1v) is 6.38. The van der Waals surface area contributed by atoms with Gasteiger partial charge in [-0.25, -0.2) is 4.39 Å². The number of hydrogen-bond donors (Lipinski definition) is 2. The first-order valence-electron chi connectivity index (χ1n) is 5.59. The van der Waals surface area contributed by atoms with Gasteiger partial charge >= 0.3 is 0 Å². The Labute approximate surface area is 104 Å². The van der Waals surface area contributed by atoms with Crippen LogP contribution in [0.25, 0.3) is 0 Å². The Morgan fingerprint density at radius 2 is 2.25 bits per heavy atom. The van der Waals surface area contributed by atoms with Gasteiger partial charge in [0.2, 0.25) is 0 Å². The largest absolute Gasteiger partial charge is 0.329 e. The van der Waals surface area contributed by atoms with Crippen molar-refractivity contribution in [2.75, 3.05) is 13.1 Å². The molecule has 1 saturated carbocycles. The predicted octanol–water partition coefficient (Wildman–Crippen LogP) is 2.59. The number of halogens is 2. The monoisotopic (exact) mass is 286 g/mol. The molecule has 2 nitrogen and oxygen atoms in total. The Bertz CT molecular complexity index is 366. The number of hydrogen-bond acceptors (Lipinski definition) is 2. The zero-order chi connectivity index (χ0) is 11.5. The van der Waals surface area contributed by atoms with Crippen molar-refractivity contribution in [3.05, 3.63) is 34.1 Å². The molecule has 16 heavy (non-hydrogen) atoms. The van der Waals surface area contributed by atoms with Gasteiger partial charge < -0.3 is 11.1 Å². The summed E-state index contributed by atoms with van der Waals surface area (Å²) in [5.41, 5.74) is 6.77. The topological polar surface area (TPSA) is 38.0 Å². The van der Waals surface area contributed by atoms with Crippen molar-refractivity contribution in [3.8, 4) is 0 Å². The van der Waals surface area contributed by atoms with Gasteiger partial charge in [0.1, 0.15) is 5.82 Å². The van der Waals surface area contributed by atoms with E-state index in [9.17, 15) is 4.39 Å². The third-order valence-electron chi connectivity index (χ3n) is 2.92. The summed E-state index contributed by atoms with van der Waals surface area (Å²) in [6, 6.07) is 4.85. The summed E-state index contributed by atoms with van der Waals surface area (Å²) >= 11 is 3.38. The minimum absolute atomic E-state index is 0.107. The first kappa shape index (κ1) is 12.0. The third-order valence-corrected chi connectivity index (χ3v) is 3.61. The first-order chi connectivity index (χ1) is 7.70. The van der Waals surface area contributed by atoms with E-state index in [1.54, 1.807) is 6.07 Å². The highest BCUT2D eigenvalue weighted by Crippen LogP contribution is 2.29. The van der Waals surface area contributed by atoms with E-state index in [1.165, 1.54) is 25.0 Å². The van der Waals surface area contributed by atoms with Crippen LogP contribution in [0, 0.1) is 11.7 Å². The minimum Gasteiger partial charge on any atom is -0.329 e. The maximum absolute atomic E-state index is 13.0. The normalized spacial score (nSPS) is 17.4. The van der Waals surface area contributed by atoms with Crippen LogP contribution in [0.5, 0.6) is 0 Å². The van der Waals surface area contributed by atoms with E-state index in [4.69, 9.17) is 5.73 Å². The lowest BCUT2D eigenvalue weighted by atomic mass is 10.1. The highest BCUT2D eigenvalue weighted by Gasteiger charge is 2.22. The van der Waals surface area contributed by atoms with Gasteiger partial charge in [-0.05, 0) is 43.0 Å². The molecule has 3 N–H and O–H groups in total. The zero-order valence-electron chi connectivity index (χ0n) is 9.05. The van der Waals surface area contributed by atoms with E-state index in [1.807, 2.05) is 0 Å². The van der Waals surface area contributed by atoms with Crippen LogP contribution in [0.2, 0.25) is 0 Å². The highest BCUT2D eigenvalue weighted by molar-refractivity contribution is 9.10. The molecule has 1 aliphatic rings. The van der Waals surface area contributed by atoms with Crippen molar-refractivity contribution in [1.29, 1.82) is 0 Å². The quantitative estimate of drug-likeness (QED) is 0.873. The van der Waals surface area contributed by atoms with Crippen LogP contribution in [-0.2, 0) is 0 Å². The van der Waals surface area contributed by atoms with Crippen LogP contribution in [-0.4, -0.2) is 13.1 Å². The Kier molecular flexibility index (Phi) is 3.95. The van der Waals surface area contributed by atoms with Crippen molar-refractivity contribution in [1.82, 2.24) is 5.32 Å². The number of rotatable bonds is 5. The van der Waals surface area contributed by atoms with Crippen LogP contribution in [0.15, 0.2) is 22.7 Å². The number of nitrogens with one attached hydrogen (secondary N) is 1. The number of benzene rings is 1. The van der Waals surface area contributed by atoms with Gasteiger partial charge in [0, 0.05) is 17.1 Å². The summed E-state index contributed by atoms with van der Waals surface area (Å²) < 4.78 is 13.7. The fraction of sp³-hybridized carbons (Fsp3) is 0.500. The average Bonchev–Trinajstić information content (AvgIpc) is 3.05. The molecule has 1 aromatic carbocycles. The average molecular weight is 287 g/mol. The molecule has 0 heterocycles. The summed E-state index contributed by atoms with van der Waals surface area (Å²) in [5, 5.41) is 3.43. The molecule has 0 aromatic heterocycles. The van der Waals surface area contributed by atoms with Crippen molar-refractivity contribution in [3.63, 3.8) is 0 Å². The third kappa shape index (κ3) is 3.03.